The molecule has 2 rings (SSSR count). The van der Waals surface area contributed by atoms with E-state index in [1.165, 1.54) is 0 Å². The number of nitrogens with zero attached hydrogens (tertiary/aromatic N) is 1. The first-order valence-corrected chi connectivity index (χ1v) is 6.37. The molecule has 0 saturated carbocycles. The molecule has 0 heterocycles. The van der Waals surface area contributed by atoms with Crippen molar-refractivity contribution in [3.8, 4) is 11.5 Å². The van der Waals surface area contributed by atoms with Crippen molar-refractivity contribution in [1.82, 2.24) is 0 Å². The van der Waals surface area contributed by atoms with Crippen LogP contribution < -0.4 is 4.74 Å². The minimum Gasteiger partial charge on any atom is -0.456 e. The Morgan fingerprint density at radius 3 is 2.50 bits per heavy atom. The Bertz CT molecular complexity index is 557. The van der Waals surface area contributed by atoms with Gasteiger partial charge >= 0.3 is 0 Å². The lowest BCUT2D eigenvalue weighted by atomic mass is 10.2. The zero-order valence-electron chi connectivity index (χ0n) is 9.27. The second kappa shape index (κ2) is 5.98. The van der Waals surface area contributed by atoms with Crippen molar-refractivity contribution in [1.29, 1.82) is 0 Å². The van der Waals surface area contributed by atoms with Gasteiger partial charge in [0.25, 0.3) is 0 Å². The molecular formula is C13H9BrClNO2. The highest BCUT2D eigenvalue weighted by atomic mass is 79.9. The molecule has 2 aromatic carbocycles. The molecular weight excluding hydrogens is 318 g/mol. The quantitative estimate of drug-likeness (QED) is 0.728. The summed E-state index contributed by atoms with van der Waals surface area (Å²) >= 11 is 9.38. The van der Waals surface area contributed by atoms with E-state index in [1.807, 2.05) is 6.07 Å². The van der Waals surface area contributed by atoms with Crippen LogP contribution in [0.2, 0.25) is 5.02 Å². The van der Waals surface area contributed by atoms with Crippen molar-refractivity contribution >= 4 is 27.5 Å². The van der Waals surface area contributed by atoms with Gasteiger partial charge in [-0.1, -0.05) is 44.8 Å². The van der Waals surface area contributed by atoms with Crippen LogP contribution in [0.15, 0.2) is 52.1 Å². The Balaban J connectivity index is 2.15. The predicted octanol–water partition coefficient (Wildman–Crippen LogP) is 5.16. The molecule has 5 heteroatoms. The maximum atomic E-state index is 10.1. The molecule has 0 fully saturated rings. The second-order valence-electron chi connectivity index (χ2n) is 3.61. The highest BCUT2D eigenvalue weighted by Gasteiger charge is 2.03. The molecule has 0 unspecified atom stereocenters. The van der Waals surface area contributed by atoms with Crippen molar-refractivity contribution < 1.29 is 4.74 Å². The minimum atomic E-state index is 0.166. The van der Waals surface area contributed by atoms with Crippen molar-refractivity contribution in [3.63, 3.8) is 0 Å². The highest BCUT2D eigenvalue weighted by molar-refractivity contribution is 9.10. The minimum absolute atomic E-state index is 0.166. The fraction of sp³-hybridized carbons (Fsp3) is 0.0769. The predicted molar refractivity (Wildman–Crippen MR) is 75.2 cm³/mol. The molecule has 0 aromatic heterocycles. The van der Waals surface area contributed by atoms with E-state index in [9.17, 15) is 4.91 Å². The van der Waals surface area contributed by atoms with E-state index in [1.54, 1.807) is 36.4 Å². The molecule has 0 bridgehead atoms. The van der Waals surface area contributed by atoms with E-state index < -0.39 is 0 Å². The molecule has 0 aliphatic carbocycles. The summed E-state index contributed by atoms with van der Waals surface area (Å²) in [5, 5.41) is 3.36. The molecule has 0 radical (unpaired) electrons. The summed E-state index contributed by atoms with van der Waals surface area (Å²) in [4.78, 5) is 10.1. The third kappa shape index (κ3) is 3.31. The van der Waals surface area contributed by atoms with E-state index in [2.05, 4.69) is 21.1 Å². The second-order valence-corrected chi connectivity index (χ2v) is 4.93. The van der Waals surface area contributed by atoms with Gasteiger partial charge < -0.3 is 4.74 Å². The first kappa shape index (κ1) is 13.1. The van der Waals surface area contributed by atoms with Gasteiger partial charge in [-0.3, -0.25) is 0 Å². The first-order chi connectivity index (χ1) is 8.69. The normalized spacial score (nSPS) is 10.1. The van der Waals surface area contributed by atoms with Crippen molar-refractivity contribution in [2.45, 2.75) is 6.54 Å². The summed E-state index contributed by atoms with van der Waals surface area (Å²) < 4.78 is 6.53. The zero-order valence-corrected chi connectivity index (χ0v) is 11.6. The Kier molecular flexibility index (Phi) is 4.33. The van der Waals surface area contributed by atoms with Gasteiger partial charge in [-0.25, -0.2) is 0 Å². The number of benzene rings is 2. The smallest absolute Gasteiger partial charge is 0.146 e. The molecule has 18 heavy (non-hydrogen) atoms. The molecule has 3 nitrogen and oxygen atoms in total. The van der Waals surface area contributed by atoms with Crippen LogP contribution in [0.3, 0.4) is 0 Å². The van der Waals surface area contributed by atoms with Crippen LogP contribution in [0.25, 0.3) is 0 Å². The Morgan fingerprint density at radius 2 is 1.89 bits per heavy atom. The maximum absolute atomic E-state index is 10.1. The average Bonchev–Trinajstić information content (AvgIpc) is 2.35. The number of ether oxygens (including phenoxy) is 1. The van der Waals surface area contributed by atoms with Crippen molar-refractivity contribution in [2.75, 3.05) is 0 Å². The lowest BCUT2D eigenvalue weighted by Crippen LogP contribution is -1.86. The maximum Gasteiger partial charge on any atom is 0.146 e. The lowest BCUT2D eigenvalue weighted by molar-refractivity contribution is 0.482. The van der Waals surface area contributed by atoms with Gasteiger partial charge in [-0.05, 0) is 35.9 Å². The number of halogens is 2. The third-order valence-electron chi connectivity index (χ3n) is 2.29. The van der Waals surface area contributed by atoms with E-state index in [0.717, 1.165) is 10.0 Å². The van der Waals surface area contributed by atoms with Crippen LogP contribution in [0, 0.1) is 4.91 Å². The Hall–Kier alpha value is -1.39. The van der Waals surface area contributed by atoms with Gasteiger partial charge in [-0.2, -0.15) is 4.91 Å². The Morgan fingerprint density at radius 1 is 1.17 bits per heavy atom. The fourth-order valence-corrected chi connectivity index (χ4v) is 2.13. The molecule has 0 atom stereocenters. The van der Waals surface area contributed by atoms with Crippen LogP contribution in [-0.2, 0) is 6.54 Å². The number of hydrogen-bond acceptors (Lipinski definition) is 3. The first-order valence-electron chi connectivity index (χ1n) is 5.20. The monoisotopic (exact) mass is 325 g/mol. The zero-order chi connectivity index (χ0) is 13.0. The largest absolute Gasteiger partial charge is 0.456 e. The van der Waals surface area contributed by atoms with Crippen LogP contribution in [0.1, 0.15) is 5.56 Å². The standard InChI is InChI=1S/C13H9BrClNO2/c14-10-3-6-13(12(15)7-10)18-11-4-1-9(2-5-11)8-16-17/h1-7H,8H2. The van der Waals surface area contributed by atoms with Crippen molar-refractivity contribution in [3.05, 3.63) is 62.4 Å². The lowest BCUT2D eigenvalue weighted by Gasteiger charge is -2.08. The van der Waals surface area contributed by atoms with Gasteiger partial charge in [0.2, 0.25) is 0 Å². The van der Waals surface area contributed by atoms with Crippen LogP contribution in [0.5, 0.6) is 11.5 Å². The van der Waals surface area contributed by atoms with Gasteiger partial charge in [0.05, 0.1) is 5.02 Å². The molecule has 0 aliphatic heterocycles. The SMILES string of the molecule is O=NCc1ccc(Oc2ccc(Br)cc2Cl)cc1. The summed E-state index contributed by atoms with van der Waals surface area (Å²) in [5.41, 5.74) is 0.847. The van der Waals surface area contributed by atoms with E-state index in [-0.39, 0.29) is 6.54 Å². The summed E-state index contributed by atoms with van der Waals surface area (Å²) in [6, 6.07) is 12.5. The van der Waals surface area contributed by atoms with Crippen LogP contribution in [-0.4, -0.2) is 0 Å². The van der Waals surface area contributed by atoms with Gasteiger partial charge in [-0.15, -0.1) is 0 Å². The van der Waals surface area contributed by atoms with Crippen LogP contribution in [0.4, 0.5) is 0 Å². The average molecular weight is 327 g/mol. The highest BCUT2D eigenvalue weighted by Crippen LogP contribution is 2.31. The summed E-state index contributed by atoms with van der Waals surface area (Å²) in [6.07, 6.45) is 0. The Labute approximate surface area is 118 Å². The molecule has 0 N–H and O–H groups in total. The molecule has 92 valence electrons. The fourth-order valence-electron chi connectivity index (χ4n) is 1.42. The van der Waals surface area contributed by atoms with Crippen LogP contribution >= 0.6 is 27.5 Å². The third-order valence-corrected chi connectivity index (χ3v) is 3.08. The molecule has 0 saturated heterocycles. The van der Waals surface area contributed by atoms with E-state index >= 15 is 0 Å². The van der Waals surface area contributed by atoms with E-state index in [4.69, 9.17) is 16.3 Å². The van der Waals surface area contributed by atoms with Gasteiger partial charge in [0, 0.05) is 4.47 Å². The van der Waals surface area contributed by atoms with Gasteiger partial charge in [0.15, 0.2) is 0 Å². The van der Waals surface area contributed by atoms with Crippen molar-refractivity contribution in [2.24, 2.45) is 5.18 Å². The number of rotatable bonds is 4. The molecule has 2 aromatic rings. The summed E-state index contributed by atoms with van der Waals surface area (Å²) in [6.45, 7) is 0.166. The summed E-state index contributed by atoms with van der Waals surface area (Å²) in [5.74, 6) is 1.25. The molecule has 0 amide bonds. The topological polar surface area (TPSA) is 38.7 Å². The van der Waals surface area contributed by atoms with Gasteiger partial charge in [0.1, 0.15) is 18.0 Å². The molecule has 0 spiro atoms. The number of hydrogen-bond donors (Lipinski definition) is 0. The number of nitroso groups, excluding NO2 is 1. The van der Waals surface area contributed by atoms with E-state index in [0.29, 0.717) is 16.5 Å². The summed E-state index contributed by atoms with van der Waals surface area (Å²) in [7, 11) is 0. The molecule has 0 aliphatic rings.